The summed E-state index contributed by atoms with van der Waals surface area (Å²) in [6.07, 6.45) is 3.59. The van der Waals surface area contributed by atoms with Gasteiger partial charge in [0.1, 0.15) is 5.75 Å². The van der Waals surface area contributed by atoms with Crippen LogP contribution in [0.25, 0.3) is 0 Å². The fourth-order valence-electron chi connectivity index (χ4n) is 3.06. The van der Waals surface area contributed by atoms with Gasteiger partial charge in [-0.3, -0.25) is 9.78 Å². The second kappa shape index (κ2) is 7.77. The van der Waals surface area contributed by atoms with Crippen molar-refractivity contribution in [2.75, 3.05) is 37.7 Å². The highest BCUT2D eigenvalue weighted by Crippen LogP contribution is 2.24. The Hall–Kier alpha value is -2.56. The van der Waals surface area contributed by atoms with Crippen LogP contribution in [0.2, 0.25) is 0 Å². The molecule has 2 aromatic rings. The number of carbonyl (C=O) groups excluding carboxylic acids is 1. The third kappa shape index (κ3) is 4.54. The minimum Gasteiger partial charge on any atom is -0.484 e. The first-order valence-corrected chi connectivity index (χ1v) is 9.09. The topological polar surface area (TPSA) is 45.7 Å². The van der Waals surface area contributed by atoms with Crippen molar-refractivity contribution >= 4 is 11.6 Å². The van der Waals surface area contributed by atoms with Gasteiger partial charge in [0.15, 0.2) is 6.61 Å². The lowest BCUT2D eigenvalue weighted by Gasteiger charge is -2.36. The minimum atomic E-state index is 0.0410. The second-order valence-electron chi connectivity index (χ2n) is 7.64. The molecule has 1 saturated heterocycles. The quantitative estimate of drug-likeness (QED) is 0.847. The monoisotopic (exact) mass is 353 g/mol. The average Bonchev–Trinajstić information content (AvgIpc) is 2.66. The van der Waals surface area contributed by atoms with Gasteiger partial charge in [-0.15, -0.1) is 0 Å². The molecule has 5 heteroatoms. The number of rotatable bonds is 4. The van der Waals surface area contributed by atoms with Crippen LogP contribution in [-0.4, -0.2) is 48.6 Å². The number of hydrogen-bond acceptors (Lipinski definition) is 4. The number of hydrogen-bond donors (Lipinski definition) is 0. The summed E-state index contributed by atoms with van der Waals surface area (Å²) in [5.74, 6) is 0.779. The average molecular weight is 353 g/mol. The standard InChI is InChI=1S/C21H27N3O2/c1-21(2,3)17-4-6-19(7-5-17)26-16-20(25)24-14-12-23(13-15-24)18-8-10-22-11-9-18/h4-11H,12-16H2,1-3H3. The molecule has 1 aromatic heterocycles. The molecule has 26 heavy (non-hydrogen) atoms. The van der Waals surface area contributed by atoms with Crippen molar-refractivity contribution in [1.29, 1.82) is 0 Å². The maximum atomic E-state index is 12.4. The Morgan fingerprint density at radius 3 is 2.19 bits per heavy atom. The van der Waals surface area contributed by atoms with Crippen molar-refractivity contribution in [1.82, 2.24) is 9.88 Å². The van der Waals surface area contributed by atoms with Gasteiger partial charge in [0, 0.05) is 44.3 Å². The lowest BCUT2D eigenvalue weighted by Crippen LogP contribution is -2.50. The van der Waals surface area contributed by atoms with Crippen molar-refractivity contribution in [3.63, 3.8) is 0 Å². The zero-order chi connectivity index (χ0) is 18.6. The summed E-state index contributed by atoms with van der Waals surface area (Å²) in [7, 11) is 0. The van der Waals surface area contributed by atoms with E-state index in [0.29, 0.717) is 13.1 Å². The molecule has 1 amide bonds. The highest BCUT2D eigenvalue weighted by Gasteiger charge is 2.21. The van der Waals surface area contributed by atoms with Crippen LogP contribution < -0.4 is 9.64 Å². The largest absolute Gasteiger partial charge is 0.484 e. The first-order chi connectivity index (χ1) is 12.4. The van der Waals surface area contributed by atoms with Crippen LogP contribution in [0.4, 0.5) is 5.69 Å². The van der Waals surface area contributed by atoms with E-state index < -0.39 is 0 Å². The van der Waals surface area contributed by atoms with Crippen LogP contribution in [0.3, 0.4) is 0 Å². The first-order valence-electron chi connectivity index (χ1n) is 9.09. The molecule has 138 valence electrons. The summed E-state index contributed by atoms with van der Waals surface area (Å²) in [6.45, 7) is 9.71. The van der Waals surface area contributed by atoms with E-state index in [-0.39, 0.29) is 17.9 Å². The maximum absolute atomic E-state index is 12.4. The molecule has 1 aliphatic rings. The van der Waals surface area contributed by atoms with Gasteiger partial charge < -0.3 is 14.5 Å². The molecule has 1 aromatic carbocycles. The number of benzene rings is 1. The number of amides is 1. The van der Waals surface area contributed by atoms with Crippen LogP contribution in [-0.2, 0) is 10.2 Å². The summed E-state index contributed by atoms with van der Waals surface area (Å²) in [4.78, 5) is 20.6. The molecular weight excluding hydrogens is 326 g/mol. The van der Waals surface area contributed by atoms with Crippen LogP contribution in [0.15, 0.2) is 48.8 Å². The van der Waals surface area contributed by atoms with Gasteiger partial charge in [0.2, 0.25) is 0 Å². The summed E-state index contributed by atoms with van der Waals surface area (Å²) < 4.78 is 5.69. The van der Waals surface area contributed by atoms with Gasteiger partial charge in [-0.25, -0.2) is 0 Å². The number of piperazine rings is 1. The van der Waals surface area contributed by atoms with Crippen LogP contribution in [0.1, 0.15) is 26.3 Å². The highest BCUT2D eigenvalue weighted by molar-refractivity contribution is 5.78. The lowest BCUT2D eigenvalue weighted by molar-refractivity contribution is -0.133. The Bertz CT molecular complexity index is 715. The number of carbonyl (C=O) groups is 1. The summed E-state index contributed by atoms with van der Waals surface area (Å²) in [5.41, 5.74) is 2.52. The third-order valence-electron chi connectivity index (χ3n) is 4.74. The van der Waals surface area contributed by atoms with Gasteiger partial charge in [-0.05, 0) is 35.2 Å². The summed E-state index contributed by atoms with van der Waals surface area (Å²) >= 11 is 0. The zero-order valence-electron chi connectivity index (χ0n) is 15.8. The Morgan fingerprint density at radius 1 is 1.00 bits per heavy atom. The molecule has 0 aliphatic carbocycles. The summed E-state index contributed by atoms with van der Waals surface area (Å²) in [5, 5.41) is 0. The van der Waals surface area contributed by atoms with E-state index in [2.05, 4.69) is 42.8 Å². The van der Waals surface area contributed by atoms with E-state index in [1.165, 1.54) is 5.56 Å². The Kier molecular flexibility index (Phi) is 5.45. The van der Waals surface area contributed by atoms with E-state index in [4.69, 9.17) is 4.74 Å². The number of anilines is 1. The van der Waals surface area contributed by atoms with Gasteiger partial charge in [0.05, 0.1) is 0 Å². The molecule has 2 heterocycles. The fourth-order valence-corrected chi connectivity index (χ4v) is 3.06. The van der Waals surface area contributed by atoms with Crippen LogP contribution in [0, 0.1) is 0 Å². The third-order valence-corrected chi connectivity index (χ3v) is 4.74. The predicted molar refractivity (Wildman–Crippen MR) is 104 cm³/mol. The number of aromatic nitrogens is 1. The molecule has 3 rings (SSSR count). The van der Waals surface area contributed by atoms with Crippen LogP contribution in [0.5, 0.6) is 5.75 Å². The van der Waals surface area contributed by atoms with E-state index in [0.717, 1.165) is 24.5 Å². The molecule has 1 fully saturated rings. The Labute approximate surface area is 155 Å². The molecule has 5 nitrogen and oxygen atoms in total. The Balaban J connectivity index is 1.47. The molecule has 0 N–H and O–H groups in total. The van der Waals surface area contributed by atoms with E-state index >= 15 is 0 Å². The van der Waals surface area contributed by atoms with Crippen molar-refractivity contribution in [3.8, 4) is 5.75 Å². The van der Waals surface area contributed by atoms with E-state index in [1.54, 1.807) is 12.4 Å². The molecule has 0 spiro atoms. The normalized spacial score (nSPS) is 15.0. The minimum absolute atomic E-state index is 0.0410. The summed E-state index contributed by atoms with van der Waals surface area (Å²) in [6, 6.07) is 12.0. The number of nitrogens with zero attached hydrogens (tertiary/aromatic N) is 3. The SMILES string of the molecule is CC(C)(C)c1ccc(OCC(=O)N2CCN(c3ccncc3)CC2)cc1. The first kappa shape index (κ1) is 18.2. The predicted octanol–water partition coefficient (Wildman–Crippen LogP) is 3.11. The molecular formula is C21H27N3O2. The number of pyridine rings is 1. The Morgan fingerprint density at radius 2 is 1.62 bits per heavy atom. The maximum Gasteiger partial charge on any atom is 0.260 e. The molecule has 0 saturated carbocycles. The molecule has 0 unspecified atom stereocenters. The van der Waals surface area contributed by atoms with Gasteiger partial charge in [0.25, 0.3) is 5.91 Å². The van der Waals surface area contributed by atoms with Crippen molar-refractivity contribution in [2.24, 2.45) is 0 Å². The van der Waals surface area contributed by atoms with Crippen molar-refractivity contribution < 1.29 is 9.53 Å². The van der Waals surface area contributed by atoms with Gasteiger partial charge in [-0.2, -0.15) is 0 Å². The zero-order valence-corrected chi connectivity index (χ0v) is 15.8. The molecule has 0 atom stereocenters. The second-order valence-corrected chi connectivity index (χ2v) is 7.64. The molecule has 0 bridgehead atoms. The smallest absolute Gasteiger partial charge is 0.260 e. The highest BCUT2D eigenvalue weighted by atomic mass is 16.5. The lowest BCUT2D eigenvalue weighted by atomic mass is 9.87. The van der Waals surface area contributed by atoms with Gasteiger partial charge in [-0.1, -0.05) is 32.9 Å². The molecule has 0 radical (unpaired) electrons. The molecule has 1 aliphatic heterocycles. The fraction of sp³-hybridized carbons (Fsp3) is 0.429. The van der Waals surface area contributed by atoms with Crippen molar-refractivity contribution in [2.45, 2.75) is 26.2 Å². The van der Waals surface area contributed by atoms with Crippen LogP contribution >= 0.6 is 0 Å². The van der Waals surface area contributed by atoms with E-state index in [9.17, 15) is 4.79 Å². The van der Waals surface area contributed by atoms with Gasteiger partial charge >= 0.3 is 0 Å². The van der Waals surface area contributed by atoms with Crippen molar-refractivity contribution in [3.05, 3.63) is 54.4 Å². The number of ether oxygens (including phenoxy) is 1. The van der Waals surface area contributed by atoms with E-state index in [1.807, 2.05) is 29.2 Å².